The number of rotatable bonds is 3. The molecule has 24 heavy (non-hydrogen) atoms. The number of anilines is 1. The largest absolute Gasteiger partial charge is 0.391 e. The van der Waals surface area contributed by atoms with Crippen molar-refractivity contribution < 1.29 is 14.7 Å². The van der Waals surface area contributed by atoms with Crippen molar-refractivity contribution in [1.29, 1.82) is 0 Å². The number of amides is 2. The molecule has 1 saturated carbocycles. The van der Waals surface area contributed by atoms with E-state index in [0.29, 0.717) is 24.4 Å². The number of thiazole rings is 1. The van der Waals surface area contributed by atoms with Crippen LogP contribution >= 0.6 is 11.3 Å². The van der Waals surface area contributed by atoms with Crippen LogP contribution in [0.1, 0.15) is 49.0 Å². The van der Waals surface area contributed by atoms with Gasteiger partial charge in [0, 0.05) is 24.4 Å². The quantitative estimate of drug-likeness (QED) is 0.752. The molecular weight excluding hydrogens is 328 g/mol. The van der Waals surface area contributed by atoms with Gasteiger partial charge in [-0.05, 0) is 38.5 Å². The molecule has 1 aliphatic heterocycles. The van der Waals surface area contributed by atoms with Gasteiger partial charge in [0.25, 0.3) is 5.91 Å². The molecule has 1 aromatic rings. The van der Waals surface area contributed by atoms with E-state index in [2.05, 4.69) is 10.3 Å². The number of nitrogen functional groups attached to an aromatic ring is 1. The Bertz CT molecular complexity index is 600. The second-order valence-electron chi connectivity index (χ2n) is 6.61. The summed E-state index contributed by atoms with van der Waals surface area (Å²) in [6.07, 6.45) is 4.35. The maximum atomic E-state index is 12.7. The molecule has 8 heteroatoms. The van der Waals surface area contributed by atoms with Gasteiger partial charge in [0.1, 0.15) is 5.69 Å². The summed E-state index contributed by atoms with van der Waals surface area (Å²) in [4.78, 5) is 30.8. The number of nitrogens with zero attached hydrogens (tertiary/aromatic N) is 2. The third-order valence-electron chi connectivity index (χ3n) is 4.90. The highest BCUT2D eigenvalue weighted by atomic mass is 32.1. The molecule has 2 amide bonds. The van der Waals surface area contributed by atoms with E-state index < -0.39 is 12.1 Å². The molecule has 1 aliphatic carbocycles. The number of nitrogens with two attached hydrogens (primary N) is 1. The Kier molecular flexibility index (Phi) is 5.35. The van der Waals surface area contributed by atoms with Gasteiger partial charge in [0.2, 0.25) is 5.91 Å². The number of likely N-dealkylation sites (tertiary alicyclic amines) is 1. The molecule has 2 heterocycles. The Hall–Kier alpha value is -1.67. The van der Waals surface area contributed by atoms with Gasteiger partial charge in [0.05, 0.1) is 12.1 Å². The topological polar surface area (TPSA) is 109 Å². The molecule has 3 rings (SSSR count). The highest BCUT2D eigenvalue weighted by Gasteiger charge is 2.36. The molecule has 0 radical (unpaired) electrons. The lowest BCUT2D eigenvalue weighted by molar-refractivity contribution is -0.138. The Morgan fingerprint density at radius 1 is 1.29 bits per heavy atom. The molecule has 1 aromatic heterocycles. The van der Waals surface area contributed by atoms with Gasteiger partial charge in [-0.3, -0.25) is 9.59 Å². The molecule has 3 atom stereocenters. The molecule has 4 N–H and O–H groups in total. The van der Waals surface area contributed by atoms with E-state index in [1.807, 2.05) is 4.90 Å². The van der Waals surface area contributed by atoms with E-state index in [1.165, 1.54) is 17.8 Å². The zero-order valence-corrected chi connectivity index (χ0v) is 14.4. The molecule has 1 saturated heterocycles. The summed E-state index contributed by atoms with van der Waals surface area (Å²) in [6.45, 7) is 1.65. The molecule has 0 bridgehead atoms. The Labute approximate surface area is 145 Å². The first kappa shape index (κ1) is 17.2. The normalized spacial score (nSPS) is 27.7. The van der Waals surface area contributed by atoms with Crippen LogP contribution < -0.4 is 11.1 Å². The molecule has 7 nitrogen and oxygen atoms in total. The van der Waals surface area contributed by atoms with Crippen molar-refractivity contribution in [3.8, 4) is 0 Å². The Morgan fingerprint density at radius 3 is 2.71 bits per heavy atom. The minimum atomic E-state index is -0.629. The number of nitrogens with one attached hydrogen (secondary N) is 1. The first-order valence-corrected chi connectivity index (χ1v) is 9.41. The maximum Gasteiger partial charge on any atom is 0.271 e. The van der Waals surface area contributed by atoms with Gasteiger partial charge < -0.3 is 21.1 Å². The lowest BCUT2D eigenvalue weighted by Gasteiger charge is -2.36. The van der Waals surface area contributed by atoms with Crippen LogP contribution in [-0.4, -0.2) is 52.0 Å². The van der Waals surface area contributed by atoms with Gasteiger partial charge in [0.15, 0.2) is 5.13 Å². The lowest BCUT2D eigenvalue weighted by atomic mass is 9.82. The van der Waals surface area contributed by atoms with Crippen LogP contribution in [-0.2, 0) is 4.79 Å². The number of carbonyl (C=O) groups is 2. The first-order chi connectivity index (χ1) is 11.5. The molecule has 0 unspecified atom stereocenters. The average molecular weight is 352 g/mol. The number of aliphatic hydroxyl groups excluding tert-OH is 1. The van der Waals surface area contributed by atoms with Gasteiger partial charge in [-0.2, -0.15) is 0 Å². The minimum absolute atomic E-state index is 0.127. The van der Waals surface area contributed by atoms with Gasteiger partial charge in [-0.15, -0.1) is 11.3 Å². The fourth-order valence-electron chi connectivity index (χ4n) is 3.54. The average Bonchev–Trinajstić information content (AvgIpc) is 3.03. The van der Waals surface area contributed by atoms with Crippen molar-refractivity contribution >= 4 is 28.3 Å². The van der Waals surface area contributed by atoms with Crippen LogP contribution in [0.4, 0.5) is 5.13 Å². The zero-order valence-electron chi connectivity index (χ0n) is 13.6. The predicted molar refractivity (Wildman–Crippen MR) is 91.6 cm³/mol. The van der Waals surface area contributed by atoms with E-state index in [9.17, 15) is 14.7 Å². The molecule has 2 aliphatic rings. The third kappa shape index (κ3) is 3.87. The highest BCUT2D eigenvalue weighted by molar-refractivity contribution is 7.13. The van der Waals surface area contributed by atoms with Crippen LogP contribution in [0.2, 0.25) is 0 Å². The standard InChI is InChI=1S/C16H24N4O3S/c17-16-19-12(9-24-16)14(22)18-11-8-10(4-5-13(11)21)15(23)20-6-2-1-3-7-20/h9-11,13,21H,1-8H2,(H2,17,19)(H,18,22)/t10-,11+,13+/m0/s1. The summed E-state index contributed by atoms with van der Waals surface area (Å²) in [5.41, 5.74) is 5.81. The molecule has 0 aromatic carbocycles. The molecular formula is C16H24N4O3S. The Morgan fingerprint density at radius 2 is 2.04 bits per heavy atom. The minimum Gasteiger partial charge on any atom is -0.391 e. The maximum absolute atomic E-state index is 12.7. The third-order valence-corrected chi connectivity index (χ3v) is 5.58. The molecule has 2 fully saturated rings. The second-order valence-corrected chi connectivity index (χ2v) is 7.50. The number of hydrogen-bond acceptors (Lipinski definition) is 6. The monoisotopic (exact) mass is 352 g/mol. The van der Waals surface area contributed by atoms with Crippen molar-refractivity contribution in [2.45, 2.75) is 50.7 Å². The first-order valence-electron chi connectivity index (χ1n) is 8.53. The fourth-order valence-corrected chi connectivity index (χ4v) is 4.08. The van der Waals surface area contributed by atoms with Crippen molar-refractivity contribution in [2.75, 3.05) is 18.8 Å². The van der Waals surface area contributed by atoms with E-state index in [0.717, 1.165) is 25.9 Å². The van der Waals surface area contributed by atoms with Crippen LogP contribution in [0.15, 0.2) is 5.38 Å². The number of piperidine rings is 1. The second kappa shape index (κ2) is 7.48. The highest BCUT2D eigenvalue weighted by Crippen LogP contribution is 2.28. The SMILES string of the molecule is Nc1nc(C(=O)N[C@@H]2C[C@@H](C(=O)N3CCCCC3)CC[C@H]2O)cs1. The summed E-state index contributed by atoms with van der Waals surface area (Å²) >= 11 is 1.20. The van der Waals surface area contributed by atoms with Crippen LogP contribution in [0, 0.1) is 5.92 Å². The lowest BCUT2D eigenvalue weighted by Crippen LogP contribution is -2.50. The summed E-state index contributed by atoms with van der Waals surface area (Å²) in [6, 6.07) is -0.423. The van der Waals surface area contributed by atoms with Gasteiger partial charge >= 0.3 is 0 Å². The van der Waals surface area contributed by atoms with E-state index in [1.54, 1.807) is 5.38 Å². The van der Waals surface area contributed by atoms with Crippen molar-refractivity contribution in [3.05, 3.63) is 11.1 Å². The fraction of sp³-hybridized carbons (Fsp3) is 0.688. The van der Waals surface area contributed by atoms with E-state index in [-0.39, 0.29) is 23.4 Å². The smallest absolute Gasteiger partial charge is 0.271 e. The van der Waals surface area contributed by atoms with Gasteiger partial charge in [-0.25, -0.2) is 4.98 Å². The number of carbonyl (C=O) groups excluding carboxylic acids is 2. The van der Waals surface area contributed by atoms with Crippen molar-refractivity contribution in [1.82, 2.24) is 15.2 Å². The van der Waals surface area contributed by atoms with E-state index >= 15 is 0 Å². The van der Waals surface area contributed by atoms with E-state index in [4.69, 9.17) is 5.73 Å². The molecule has 0 spiro atoms. The number of aromatic nitrogens is 1. The number of aliphatic hydroxyl groups is 1. The van der Waals surface area contributed by atoms with Gasteiger partial charge in [-0.1, -0.05) is 0 Å². The van der Waals surface area contributed by atoms with Crippen LogP contribution in [0.25, 0.3) is 0 Å². The molecule has 132 valence electrons. The summed E-state index contributed by atoms with van der Waals surface area (Å²) in [5, 5.41) is 14.9. The summed E-state index contributed by atoms with van der Waals surface area (Å²) < 4.78 is 0. The summed E-state index contributed by atoms with van der Waals surface area (Å²) in [7, 11) is 0. The predicted octanol–water partition coefficient (Wildman–Crippen LogP) is 0.997. The van der Waals surface area contributed by atoms with Crippen molar-refractivity contribution in [3.63, 3.8) is 0 Å². The van der Waals surface area contributed by atoms with Crippen LogP contribution in [0.5, 0.6) is 0 Å². The van der Waals surface area contributed by atoms with Crippen LogP contribution in [0.3, 0.4) is 0 Å². The van der Waals surface area contributed by atoms with Crippen molar-refractivity contribution in [2.24, 2.45) is 5.92 Å². The zero-order chi connectivity index (χ0) is 17.1. The Balaban J connectivity index is 1.60. The summed E-state index contributed by atoms with van der Waals surface area (Å²) in [5.74, 6) is -0.311. The number of hydrogen-bond donors (Lipinski definition) is 3.